The molecule has 0 spiro atoms. The van der Waals surface area contributed by atoms with Gasteiger partial charge in [0, 0.05) is 5.69 Å². The van der Waals surface area contributed by atoms with E-state index in [1.165, 1.54) is 0 Å². The Balaban J connectivity index is 2.83. The van der Waals surface area contributed by atoms with Gasteiger partial charge in [0.2, 0.25) is 5.91 Å². The van der Waals surface area contributed by atoms with E-state index in [1.54, 1.807) is 38.1 Å². The number of hydrogen-bond donors (Lipinski definition) is 1. The molecule has 18 heavy (non-hydrogen) atoms. The van der Waals surface area contributed by atoms with Gasteiger partial charge in [0.1, 0.15) is 6.42 Å². The molecule has 0 aromatic heterocycles. The summed E-state index contributed by atoms with van der Waals surface area (Å²) in [5, 5.41) is 10.9. The summed E-state index contributed by atoms with van der Waals surface area (Å²) in [6, 6.07) is 6.63. The number of anilines is 1. The molecule has 1 amide bonds. The van der Waals surface area contributed by atoms with Gasteiger partial charge < -0.3 is 10.1 Å². The Hall–Kier alpha value is -2.35. The summed E-state index contributed by atoms with van der Waals surface area (Å²) in [7, 11) is 0. The van der Waals surface area contributed by atoms with Crippen molar-refractivity contribution >= 4 is 17.6 Å². The normalized spacial score (nSPS) is 9.39. The summed E-state index contributed by atoms with van der Waals surface area (Å²) in [4.78, 5) is 22.8. The van der Waals surface area contributed by atoms with Crippen LogP contribution in [0, 0.1) is 18.3 Å². The van der Waals surface area contributed by atoms with E-state index in [-0.39, 0.29) is 18.3 Å². The summed E-state index contributed by atoms with van der Waals surface area (Å²) in [6.45, 7) is 3.81. The third-order valence-corrected chi connectivity index (χ3v) is 2.25. The van der Waals surface area contributed by atoms with Gasteiger partial charge in [-0.3, -0.25) is 4.79 Å². The lowest BCUT2D eigenvalue weighted by molar-refractivity contribution is -0.115. The number of nitriles is 1. The molecule has 1 aromatic carbocycles. The highest BCUT2D eigenvalue weighted by Crippen LogP contribution is 2.16. The van der Waals surface area contributed by atoms with Gasteiger partial charge in [-0.05, 0) is 37.6 Å². The molecule has 0 aliphatic carbocycles. The minimum atomic E-state index is -0.384. The van der Waals surface area contributed by atoms with Crippen molar-refractivity contribution in [3.8, 4) is 6.07 Å². The zero-order valence-corrected chi connectivity index (χ0v) is 10.3. The maximum atomic E-state index is 11.5. The van der Waals surface area contributed by atoms with Crippen LogP contribution in [0.15, 0.2) is 18.2 Å². The molecule has 0 bridgehead atoms. The van der Waals surface area contributed by atoms with Gasteiger partial charge in [0.25, 0.3) is 0 Å². The second-order valence-electron chi connectivity index (χ2n) is 3.63. The second-order valence-corrected chi connectivity index (χ2v) is 3.63. The molecule has 0 unspecified atom stereocenters. The standard InChI is InChI=1S/C13H14N2O3/c1-3-18-13(17)11-5-4-10(8-9(11)2)15-12(16)6-7-14/h4-5,8H,3,6H2,1-2H3,(H,15,16). The fraction of sp³-hybridized carbons (Fsp3) is 0.308. The molecule has 0 saturated carbocycles. The Kier molecular flexibility index (Phi) is 4.88. The SMILES string of the molecule is CCOC(=O)c1ccc(NC(=O)CC#N)cc1C. The quantitative estimate of drug-likeness (QED) is 0.824. The average Bonchev–Trinajstić information content (AvgIpc) is 2.29. The van der Waals surface area contributed by atoms with Gasteiger partial charge in [0.05, 0.1) is 18.2 Å². The smallest absolute Gasteiger partial charge is 0.338 e. The van der Waals surface area contributed by atoms with E-state index in [4.69, 9.17) is 10.00 Å². The van der Waals surface area contributed by atoms with Crippen molar-refractivity contribution in [1.82, 2.24) is 0 Å². The van der Waals surface area contributed by atoms with Crippen molar-refractivity contribution in [2.75, 3.05) is 11.9 Å². The van der Waals surface area contributed by atoms with Gasteiger partial charge in [0.15, 0.2) is 0 Å². The lowest BCUT2D eigenvalue weighted by atomic mass is 10.1. The van der Waals surface area contributed by atoms with Crippen molar-refractivity contribution in [1.29, 1.82) is 5.26 Å². The number of nitrogens with zero attached hydrogens (tertiary/aromatic N) is 1. The molecule has 0 heterocycles. The van der Waals surface area contributed by atoms with Gasteiger partial charge in [-0.15, -0.1) is 0 Å². The van der Waals surface area contributed by atoms with E-state index in [2.05, 4.69) is 5.32 Å². The Labute approximate surface area is 105 Å². The highest BCUT2D eigenvalue weighted by molar-refractivity contribution is 5.94. The van der Waals surface area contributed by atoms with Crippen LogP contribution in [0.5, 0.6) is 0 Å². The van der Waals surface area contributed by atoms with E-state index < -0.39 is 0 Å². The lowest BCUT2D eigenvalue weighted by Gasteiger charge is -2.08. The van der Waals surface area contributed by atoms with Gasteiger partial charge in [-0.25, -0.2) is 4.79 Å². The Morgan fingerprint density at radius 1 is 1.44 bits per heavy atom. The molecule has 1 N–H and O–H groups in total. The van der Waals surface area contributed by atoms with Crippen LogP contribution >= 0.6 is 0 Å². The first kappa shape index (κ1) is 13.7. The van der Waals surface area contributed by atoms with Crippen LogP contribution in [0.3, 0.4) is 0 Å². The van der Waals surface area contributed by atoms with Crippen molar-refractivity contribution in [3.63, 3.8) is 0 Å². The number of nitrogens with one attached hydrogen (secondary N) is 1. The average molecular weight is 246 g/mol. The number of aryl methyl sites for hydroxylation is 1. The minimum Gasteiger partial charge on any atom is -0.462 e. The number of carbonyl (C=O) groups is 2. The molecule has 94 valence electrons. The highest BCUT2D eigenvalue weighted by atomic mass is 16.5. The minimum absolute atomic E-state index is 0.196. The monoisotopic (exact) mass is 246 g/mol. The molecule has 0 aliphatic heterocycles. The number of benzene rings is 1. The molecule has 5 nitrogen and oxygen atoms in total. The summed E-state index contributed by atoms with van der Waals surface area (Å²) >= 11 is 0. The van der Waals surface area contributed by atoms with Crippen LogP contribution in [0.4, 0.5) is 5.69 Å². The van der Waals surface area contributed by atoms with Crippen LogP contribution in [-0.2, 0) is 9.53 Å². The van der Waals surface area contributed by atoms with Crippen LogP contribution in [0.1, 0.15) is 29.3 Å². The number of esters is 1. The Bertz CT molecular complexity index is 503. The molecular formula is C13H14N2O3. The predicted molar refractivity (Wildman–Crippen MR) is 66.0 cm³/mol. The Morgan fingerprint density at radius 2 is 2.17 bits per heavy atom. The van der Waals surface area contributed by atoms with Crippen molar-refractivity contribution in [2.45, 2.75) is 20.3 Å². The maximum absolute atomic E-state index is 11.5. The number of hydrogen-bond acceptors (Lipinski definition) is 4. The first-order valence-electron chi connectivity index (χ1n) is 5.53. The van der Waals surface area contributed by atoms with Crippen LogP contribution in [0.25, 0.3) is 0 Å². The van der Waals surface area contributed by atoms with Crippen LogP contribution < -0.4 is 5.32 Å². The summed E-state index contributed by atoms with van der Waals surface area (Å²) in [5.41, 5.74) is 1.74. The van der Waals surface area contributed by atoms with Gasteiger partial charge in [-0.2, -0.15) is 5.26 Å². The zero-order valence-electron chi connectivity index (χ0n) is 10.3. The summed E-state index contributed by atoms with van der Waals surface area (Å²) in [5.74, 6) is -0.759. The van der Waals surface area contributed by atoms with E-state index in [0.29, 0.717) is 23.4 Å². The maximum Gasteiger partial charge on any atom is 0.338 e. The first-order valence-corrected chi connectivity index (χ1v) is 5.53. The summed E-state index contributed by atoms with van der Waals surface area (Å²) < 4.78 is 4.90. The number of ether oxygens (including phenoxy) is 1. The number of rotatable bonds is 4. The van der Waals surface area contributed by atoms with E-state index in [9.17, 15) is 9.59 Å². The lowest BCUT2D eigenvalue weighted by Crippen LogP contribution is -2.11. The van der Waals surface area contributed by atoms with Crippen molar-refractivity contribution in [3.05, 3.63) is 29.3 Å². The largest absolute Gasteiger partial charge is 0.462 e. The molecule has 1 aromatic rings. The van der Waals surface area contributed by atoms with Gasteiger partial charge >= 0.3 is 5.97 Å². The van der Waals surface area contributed by atoms with Crippen LogP contribution in [0.2, 0.25) is 0 Å². The van der Waals surface area contributed by atoms with Crippen molar-refractivity contribution < 1.29 is 14.3 Å². The topological polar surface area (TPSA) is 79.2 Å². The molecule has 0 fully saturated rings. The first-order chi connectivity index (χ1) is 8.58. The molecule has 5 heteroatoms. The molecule has 0 atom stereocenters. The summed E-state index contributed by atoms with van der Waals surface area (Å²) in [6.07, 6.45) is -0.196. The molecule has 1 rings (SSSR count). The van der Waals surface area contributed by atoms with E-state index >= 15 is 0 Å². The van der Waals surface area contributed by atoms with Gasteiger partial charge in [-0.1, -0.05) is 0 Å². The van der Waals surface area contributed by atoms with E-state index in [1.807, 2.05) is 0 Å². The third-order valence-electron chi connectivity index (χ3n) is 2.25. The predicted octanol–water partition coefficient (Wildman–Crippen LogP) is 2.02. The molecule has 0 saturated heterocycles. The number of amides is 1. The third kappa shape index (κ3) is 3.59. The molecule has 0 aliphatic rings. The fourth-order valence-electron chi connectivity index (χ4n) is 1.46. The number of carbonyl (C=O) groups excluding carboxylic acids is 2. The Morgan fingerprint density at radius 3 is 2.72 bits per heavy atom. The molecular weight excluding hydrogens is 232 g/mol. The highest BCUT2D eigenvalue weighted by Gasteiger charge is 2.10. The van der Waals surface area contributed by atoms with E-state index in [0.717, 1.165) is 0 Å². The molecule has 0 radical (unpaired) electrons. The second kappa shape index (κ2) is 6.40. The zero-order chi connectivity index (χ0) is 13.5. The van der Waals surface area contributed by atoms with Crippen molar-refractivity contribution in [2.24, 2.45) is 0 Å². The fourth-order valence-corrected chi connectivity index (χ4v) is 1.46. The van der Waals surface area contributed by atoms with Crippen LogP contribution in [-0.4, -0.2) is 18.5 Å².